The lowest BCUT2D eigenvalue weighted by molar-refractivity contribution is 0.162. The number of thioether (sulfide) groups is 1. The molecule has 2 aromatic carbocycles. The minimum atomic E-state index is -0.177. The van der Waals surface area contributed by atoms with Gasteiger partial charge in [0.2, 0.25) is 0 Å². The molecule has 1 aliphatic rings. The van der Waals surface area contributed by atoms with Crippen molar-refractivity contribution in [3.05, 3.63) is 59.7 Å². The first kappa shape index (κ1) is 31.4. The first-order valence-electron chi connectivity index (χ1n) is 13.3. The zero-order valence-corrected chi connectivity index (χ0v) is 25.6. The van der Waals surface area contributed by atoms with Crippen LogP contribution in [-0.2, 0) is 0 Å². The fourth-order valence-corrected chi connectivity index (χ4v) is 5.12. The number of hydrogen-bond acceptors (Lipinski definition) is 5. The molecule has 37 heavy (non-hydrogen) atoms. The zero-order valence-electron chi connectivity index (χ0n) is 23.9. The normalized spacial score (nSPS) is 17.1. The predicted octanol–water partition coefficient (Wildman–Crippen LogP) is 6.98. The molecule has 3 rings (SSSR count). The minimum Gasteiger partial charge on any atom is -0.396 e. The maximum absolute atomic E-state index is 9.21. The van der Waals surface area contributed by atoms with Gasteiger partial charge in [-0.2, -0.15) is 0 Å². The summed E-state index contributed by atoms with van der Waals surface area (Å²) in [7, 11) is 0. The van der Waals surface area contributed by atoms with Crippen molar-refractivity contribution < 1.29 is 5.11 Å². The van der Waals surface area contributed by atoms with Crippen LogP contribution < -0.4 is 21.3 Å². The van der Waals surface area contributed by atoms with Gasteiger partial charge in [-0.05, 0) is 52.7 Å². The number of rotatable bonds is 8. The molecule has 5 nitrogen and oxygen atoms in total. The highest BCUT2D eigenvalue weighted by Crippen LogP contribution is 2.31. The van der Waals surface area contributed by atoms with Gasteiger partial charge in [-0.15, -0.1) is 11.8 Å². The van der Waals surface area contributed by atoms with Crippen molar-refractivity contribution in [2.45, 2.75) is 72.7 Å². The van der Waals surface area contributed by atoms with Crippen molar-refractivity contribution in [2.75, 3.05) is 36.1 Å². The van der Waals surface area contributed by atoms with Crippen LogP contribution in [0.4, 0.5) is 11.4 Å². The van der Waals surface area contributed by atoms with Crippen LogP contribution in [0.2, 0.25) is 0 Å². The number of aliphatic hydroxyl groups excluding tert-OH is 1. The molecule has 0 saturated carbocycles. The standard InChI is InChI=1S/C15H24N2OS.C15H24N2S/c1-11(2)12-7-5-6-8-13(12)17-14(19)16-9-15(3,4)10-18;1-11(2)12-7-5-6-8-13(12)17-14-16-9-15(3,4)10-18-14/h5-8,11,18H,9-10H2,1-4H3,(H2,16,17,19);5-8,11,14,16-17H,9-10H2,1-4H3. The summed E-state index contributed by atoms with van der Waals surface area (Å²) in [4.78, 5) is 0. The zero-order chi connectivity index (χ0) is 27.6. The van der Waals surface area contributed by atoms with E-state index in [9.17, 15) is 5.11 Å². The largest absolute Gasteiger partial charge is 0.396 e. The molecule has 0 spiro atoms. The van der Waals surface area contributed by atoms with Crippen LogP contribution in [0.1, 0.15) is 78.4 Å². The Morgan fingerprint density at radius 1 is 1.03 bits per heavy atom. The number of nitrogens with one attached hydrogen (secondary N) is 4. The molecule has 0 aromatic heterocycles. The van der Waals surface area contributed by atoms with Gasteiger partial charge < -0.3 is 21.1 Å². The third kappa shape index (κ3) is 10.8. The average molecular weight is 545 g/mol. The highest BCUT2D eigenvalue weighted by atomic mass is 32.2. The Bertz CT molecular complexity index is 981. The Morgan fingerprint density at radius 3 is 2.08 bits per heavy atom. The van der Waals surface area contributed by atoms with Gasteiger partial charge in [-0.1, -0.05) is 91.8 Å². The molecule has 1 aliphatic heterocycles. The number of benzene rings is 2. The maximum atomic E-state index is 9.21. The van der Waals surface area contributed by atoms with Gasteiger partial charge in [0, 0.05) is 42.2 Å². The number of hydrogen-bond donors (Lipinski definition) is 5. The third-order valence-electron chi connectivity index (χ3n) is 6.26. The SMILES string of the molecule is CC(C)c1ccccc1NC(=S)NCC(C)(C)CO.CC(C)c1ccccc1NC1NCC(C)(C)CS1. The quantitative estimate of drug-likeness (QED) is 0.230. The fourth-order valence-electron chi connectivity index (χ4n) is 3.81. The molecular formula is C30H48N4OS2. The predicted molar refractivity (Wildman–Crippen MR) is 168 cm³/mol. The highest BCUT2D eigenvalue weighted by Gasteiger charge is 2.27. The Kier molecular flexibility index (Phi) is 12.2. The molecule has 1 fully saturated rings. The third-order valence-corrected chi connectivity index (χ3v) is 8.08. The van der Waals surface area contributed by atoms with Gasteiger partial charge in [0.1, 0.15) is 5.50 Å². The lowest BCUT2D eigenvalue weighted by Gasteiger charge is -2.36. The van der Waals surface area contributed by atoms with Gasteiger partial charge in [0.05, 0.1) is 0 Å². The molecular weight excluding hydrogens is 496 g/mol. The summed E-state index contributed by atoms with van der Waals surface area (Å²) in [5.74, 6) is 2.20. The van der Waals surface area contributed by atoms with Crippen molar-refractivity contribution in [1.82, 2.24) is 10.6 Å². The van der Waals surface area contributed by atoms with Crippen LogP contribution >= 0.6 is 24.0 Å². The smallest absolute Gasteiger partial charge is 0.170 e. The molecule has 206 valence electrons. The van der Waals surface area contributed by atoms with Crippen LogP contribution in [0, 0.1) is 10.8 Å². The number of aliphatic hydroxyl groups is 1. The van der Waals surface area contributed by atoms with Crippen molar-refractivity contribution in [2.24, 2.45) is 10.8 Å². The molecule has 0 aliphatic carbocycles. The Balaban J connectivity index is 0.000000260. The van der Waals surface area contributed by atoms with Crippen LogP contribution in [0.25, 0.3) is 0 Å². The van der Waals surface area contributed by atoms with Crippen LogP contribution in [0.5, 0.6) is 0 Å². The van der Waals surface area contributed by atoms with Gasteiger partial charge in [-0.25, -0.2) is 0 Å². The number of anilines is 2. The van der Waals surface area contributed by atoms with Crippen molar-refractivity contribution in [3.63, 3.8) is 0 Å². The van der Waals surface area contributed by atoms with Gasteiger partial charge in [-0.3, -0.25) is 5.32 Å². The molecule has 1 saturated heterocycles. The maximum Gasteiger partial charge on any atom is 0.170 e. The van der Waals surface area contributed by atoms with Crippen LogP contribution in [0.3, 0.4) is 0 Å². The number of thiocarbonyl (C=S) groups is 1. The topological polar surface area (TPSA) is 68.3 Å². The summed E-state index contributed by atoms with van der Waals surface area (Å²) >= 11 is 7.26. The Labute approximate surface area is 235 Å². The van der Waals surface area contributed by atoms with E-state index in [0.29, 0.717) is 34.4 Å². The van der Waals surface area contributed by atoms with E-state index in [-0.39, 0.29) is 12.0 Å². The molecule has 1 unspecified atom stereocenters. The second-order valence-corrected chi connectivity index (χ2v) is 13.5. The minimum absolute atomic E-state index is 0.130. The van der Waals surface area contributed by atoms with Crippen molar-refractivity contribution in [3.8, 4) is 0 Å². The Hall–Kier alpha value is -1.80. The van der Waals surface area contributed by atoms with E-state index in [1.165, 1.54) is 22.6 Å². The van der Waals surface area contributed by atoms with Gasteiger partial charge in [0.15, 0.2) is 5.11 Å². The fraction of sp³-hybridized carbons (Fsp3) is 0.567. The molecule has 7 heteroatoms. The summed E-state index contributed by atoms with van der Waals surface area (Å²) in [5.41, 5.74) is 5.49. The second kappa shape index (κ2) is 14.4. The molecule has 1 atom stereocenters. The van der Waals surface area contributed by atoms with E-state index in [1.54, 1.807) is 0 Å². The lowest BCUT2D eigenvalue weighted by Crippen LogP contribution is -2.46. The van der Waals surface area contributed by atoms with Crippen LogP contribution in [-0.4, -0.2) is 41.2 Å². The summed E-state index contributed by atoms with van der Waals surface area (Å²) in [5, 5.41) is 23.4. The lowest BCUT2D eigenvalue weighted by atomic mass is 9.95. The molecule has 5 N–H and O–H groups in total. The summed E-state index contributed by atoms with van der Waals surface area (Å²) in [6, 6.07) is 16.8. The molecule has 2 aromatic rings. The highest BCUT2D eigenvalue weighted by molar-refractivity contribution is 8.00. The summed E-state index contributed by atoms with van der Waals surface area (Å²) in [6.45, 7) is 19.2. The first-order valence-corrected chi connectivity index (χ1v) is 14.7. The van der Waals surface area contributed by atoms with E-state index in [0.717, 1.165) is 12.2 Å². The van der Waals surface area contributed by atoms with Crippen molar-refractivity contribution in [1.29, 1.82) is 0 Å². The van der Waals surface area contributed by atoms with Gasteiger partial charge in [0.25, 0.3) is 0 Å². The first-order chi connectivity index (χ1) is 17.3. The average Bonchev–Trinajstić information content (AvgIpc) is 2.85. The van der Waals surface area contributed by atoms with E-state index in [1.807, 2.05) is 43.8 Å². The van der Waals surface area contributed by atoms with E-state index >= 15 is 0 Å². The molecule has 0 amide bonds. The van der Waals surface area contributed by atoms with Crippen molar-refractivity contribution >= 4 is 40.5 Å². The van der Waals surface area contributed by atoms with E-state index in [4.69, 9.17) is 12.2 Å². The van der Waals surface area contributed by atoms with Crippen LogP contribution in [0.15, 0.2) is 48.5 Å². The molecule has 0 bridgehead atoms. The Morgan fingerprint density at radius 2 is 1.57 bits per heavy atom. The molecule has 1 heterocycles. The summed E-state index contributed by atoms with van der Waals surface area (Å²) < 4.78 is 0. The second-order valence-electron chi connectivity index (χ2n) is 12.0. The monoisotopic (exact) mass is 544 g/mol. The molecule has 0 radical (unpaired) electrons. The summed E-state index contributed by atoms with van der Waals surface area (Å²) in [6.07, 6.45) is 0. The van der Waals surface area contributed by atoms with Gasteiger partial charge >= 0.3 is 0 Å². The number of para-hydroxylation sites is 2. The van der Waals surface area contributed by atoms with E-state index < -0.39 is 0 Å². The van der Waals surface area contributed by atoms with E-state index in [2.05, 4.69) is 93.1 Å².